The van der Waals surface area contributed by atoms with Gasteiger partial charge in [0.2, 0.25) is 34.0 Å². The van der Waals surface area contributed by atoms with Gasteiger partial charge in [-0.1, -0.05) is 147 Å². The van der Waals surface area contributed by atoms with Crippen LogP contribution in [-0.2, 0) is 94.6 Å². The number of ether oxygens (including phenoxy) is 4. The molecule has 0 aliphatic heterocycles. The van der Waals surface area contributed by atoms with Crippen LogP contribution in [-0.4, -0.2) is 58.4 Å². The Morgan fingerprint density at radius 2 is 0.704 bits per heavy atom. The fraction of sp³-hybridized carbons (Fsp3) is 0.281. The highest BCUT2D eigenvalue weighted by Gasteiger charge is 2.64. The third-order valence-electron chi connectivity index (χ3n) is 16.6. The zero-order chi connectivity index (χ0) is 55.6. The van der Waals surface area contributed by atoms with E-state index in [1.54, 1.807) is 109 Å². The zero-order valence-electron chi connectivity index (χ0n) is 43.5. The second-order valence-electron chi connectivity index (χ2n) is 21.3. The summed E-state index contributed by atoms with van der Waals surface area (Å²) in [4.78, 5) is 129. The Hall–Kier alpha value is -8.12. The number of ketones is 4. The molecule has 6 aliphatic rings. The molecule has 13 rings (SSSR count). The van der Waals surface area contributed by atoms with Crippen molar-refractivity contribution in [3.05, 3.63) is 176 Å². The third kappa shape index (κ3) is 8.61. The van der Waals surface area contributed by atoms with Gasteiger partial charge in [0.05, 0.1) is 41.6 Å². The van der Waals surface area contributed by atoms with Crippen LogP contribution in [0.15, 0.2) is 143 Å². The number of thiophene rings is 3. The molecular weight excluding hydrogens is 1080 g/mol. The summed E-state index contributed by atoms with van der Waals surface area (Å²) in [6, 6.07) is 35.8. The molecule has 0 amide bonds. The van der Waals surface area contributed by atoms with Gasteiger partial charge >= 0.3 is 23.9 Å². The van der Waals surface area contributed by atoms with E-state index in [2.05, 4.69) is 0 Å². The van der Waals surface area contributed by atoms with Crippen molar-refractivity contribution in [3.8, 4) is 0 Å². The maximum Gasteiger partial charge on any atom is 0.334 e. The number of Topliss-reactive ketones (excluding diaryl/α,β-unsaturated/α-hetero) is 4. The number of nitrogens with zero attached hydrogens (tertiary/aromatic N) is 2. The van der Waals surface area contributed by atoms with E-state index in [4.69, 9.17) is 28.9 Å². The minimum Gasteiger partial charge on any atom is -0.459 e. The molecule has 7 aromatic rings. The maximum absolute atomic E-state index is 15.7. The minimum atomic E-state index is -2.47. The standard InChI is InChI=1S/C64H50N2O12S3/c67-51-41-27-15-13-25-39(41)49(53(51)69)65-45-29-43-47(63(45,59(71)75-31-35-17-5-1-6-18-35)60(72)76-32-36-19-7-2-8-20-36)55-57(79-43)58-56(81-55)48-44(80-58)30-46(66-50-40-26-14-16-28-42(40)52(68)54(50)70)64(48,61(73)77-33-37-21-9-3-10-22-37)62(74)78-34-38-23-11-4-12-24-38/h1-12,17-24,29-30,39-42H,13-16,25-28,31-34H2. The first-order valence-electron chi connectivity index (χ1n) is 27.1. The molecule has 4 fully saturated rings. The van der Waals surface area contributed by atoms with Gasteiger partial charge in [0.1, 0.15) is 26.4 Å². The Labute approximate surface area is 476 Å². The second kappa shape index (κ2) is 21.1. The van der Waals surface area contributed by atoms with Crippen molar-refractivity contribution in [2.45, 2.75) is 88.6 Å². The van der Waals surface area contributed by atoms with Crippen LogP contribution in [0, 0.1) is 23.7 Å². The predicted octanol–water partition coefficient (Wildman–Crippen LogP) is 11.1. The lowest BCUT2D eigenvalue weighted by atomic mass is 9.79. The molecule has 14 nitrogen and oxygen atoms in total. The Kier molecular flexibility index (Phi) is 13.6. The number of aliphatic imine (C=N–C) groups is 2. The Morgan fingerprint density at radius 3 is 1.01 bits per heavy atom. The number of hydrogen-bond donors (Lipinski definition) is 0. The second-order valence-corrected chi connectivity index (χ2v) is 24.4. The summed E-state index contributed by atoms with van der Waals surface area (Å²) >= 11 is 3.63. The number of esters is 4. The van der Waals surface area contributed by atoms with E-state index in [0.717, 1.165) is 37.0 Å². The molecule has 0 bridgehead atoms. The Balaban J connectivity index is 1.02. The molecule has 4 saturated carbocycles. The molecule has 4 atom stereocenters. The average Bonchev–Trinajstić information content (AvgIpc) is 4.15. The van der Waals surface area contributed by atoms with Gasteiger partial charge in [-0.15, -0.1) is 34.0 Å². The number of benzene rings is 4. The molecule has 3 heterocycles. The van der Waals surface area contributed by atoms with Gasteiger partial charge in [-0.05, 0) is 60.1 Å². The number of hydrogen-bond acceptors (Lipinski definition) is 17. The number of fused-ring (bicyclic) bond motifs is 9. The quantitative estimate of drug-likeness (QED) is 0.0433. The van der Waals surface area contributed by atoms with Crippen molar-refractivity contribution in [3.63, 3.8) is 0 Å². The first-order chi connectivity index (χ1) is 39.5. The van der Waals surface area contributed by atoms with Gasteiger partial charge < -0.3 is 18.9 Å². The zero-order valence-corrected chi connectivity index (χ0v) is 46.0. The van der Waals surface area contributed by atoms with Gasteiger partial charge in [-0.3, -0.25) is 48.3 Å². The highest BCUT2D eigenvalue weighted by atomic mass is 32.1. The minimum absolute atomic E-state index is 0.0153. The fourth-order valence-electron chi connectivity index (χ4n) is 12.6. The lowest BCUT2D eigenvalue weighted by Crippen LogP contribution is -2.46. The third-order valence-corrected chi connectivity index (χ3v) is 20.5. The SMILES string of the molecule is O=C1C(=O)C2CCCCC2C1=NC1=Cc2sc3c(sc4c5c(sc43)C=C(N=C3C(=O)C(=O)C4CCCCC34)C5(C(=O)OCc3ccccc3)C(=O)OCc3ccccc3)c2C1(C(=O)OCc1ccccc1)C(=O)OCc1ccccc1. The van der Waals surface area contributed by atoms with Crippen LogP contribution in [0.3, 0.4) is 0 Å². The molecule has 0 radical (unpaired) electrons. The largest absolute Gasteiger partial charge is 0.459 e. The molecule has 0 N–H and O–H groups in total. The molecule has 17 heteroatoms. The van der Waals surface area contributed by atoms with Crippen LogP contribution in [0.1, 0.15) is 94.5 Å². The molecule has 3 aromatic heterocycles. The number of carbonyl (C=O) groups excluding carboxylic acids is 8. The summed E-state index contributed by atoms with van der Waals surface area (Å²) < 4.78 is 26.9. The monoisotopic (exact) mass is 1130 g/mol. The molecule has 81 heavy (non-hydrogen) atoms. The predicted molar refractivity (Wildman–Crippen MR) is 305 cm³/mol. The molecule has 4 unspecified atom stereocenters. The number of rotatable bonds is 14. The van der Waals surface area contributed by atoms with E-state index in [9.17, 15) is 19.2 Å². The van der Waals surface area contributed by atoms with Crippen molar-refractivity contribution < 1.29 is 57.3 Å². The van der Waals surface area contributed by atoms with E-state index >= 15 is 19.2 Å². The van der Waals surface area contributed by atoms with Crippen LogP contribution in [0.25, 0.3) is 31.0 Å². The van der Waals surface area contributed by atoms with E-state index in [0.29, 0.717) is 76.5 Å². The first-order valence-corrected chi connectivity index (χ1v) is 29.6. The van der Waals surface area contributed by atoms with Crippen molar-refractivity contribution in [2.75, 3.05) is 0 Å². The fourth-order valence-corrected chi connectivity index (χ4v) is 17.3. The topological polar surface area (TPSA) is 198 Å². The van der Waals surface area contributed by atoms with Gasteiger partial charge in [0.15, 0.2) is 0 Å². The van der Waals surface area contributed by atoms with Crippen LogP contribution in [0.5, 0.6) is 0 Å². The molecule has 0 spiro atoms. The smallest absolute Gasteiger partial charge is 0.334 e. The summed E-state index contributed by atoms with van der Waals surface area (Å²) in [6.07, 6.45) is 8.33. The van der Waals surface area contributed by atoms with Crippen LogP contribution in [0.2, 0.25) is 0 Å². The highest BCUT2D eigenvalue weighted by Crippen LogP contribution is 2.61. The van der Waals surface area contributed by atoms with Gasteiger partial charge in [0.25, 0.3) is 0 Å². The van der Waals surface area contributed by atoms with Crippen molar-refractivity contribution >= 4 is 123 Å². The molecule has 406 valence electrons. The molecule has 6 aliphatic carbocycles. The molecule has 4 aromatic carbocycles. The van der Waals surface area contributed by atoms with E-state index < -0.39 is 81.5 Å². The number of carbonyl (C=O) groups is 8. The van der Waals surface area contributed by atoms with Gasteiger partial charge in [-0.2, -0.15) is 0 Å². The van der Waals surface area contributed by atoms with Crippen LogP contribution >= 0.6 is 34.0 Å². The molecular formula is C64H50N2O12S3. The summed E-state index contributed by atoms with van der Waals surface area (Å²) in [7, 11) is 0. The van der Waals surface area contributed by atoms with E-state index in [1.807, 2.05) is 24.3 Å². The van der Waals surface area contributed by atoms with E-state index in [1.165, 1.54) is 22.7 Å². The van der Waals surface area contributed by atoms with Crippen LogP contribution < -0.4 is 0 Å². The summed E-state index contributed by atoms with van der Waals surface area (Å²) in [6.45, 7) is -0.999. The summed E-state index contributed by atoms with van der Waals surface area (Å²) in [5.74, 6) is -8.89. The Morgan fingerprint density at radius 1 is 0.407 bits per heavy atom. The first kappa shape index (κ1) is 52.3. The normalized spacial score (nSPS) is 22.3. The van der Waals surface area contributed by atoms with Gasteiger partial charge in [0, 0.05) is 44.6 Å². The van der Waals surface area contributed by atoms with Crippen molar-refractivity contribution in [2.24, 2.45) is 33.7 Å². The van der Waals surface area contributed by atoms with Crippen molar-refractivity contribution in [1.29, 1.82) is 0 Å². The summed E-state index contributed by atoms with van der Waals surface area (Å²) in [5.41, 5.74) is -2.39. The average molecular weight is 1140 g/mol. The Bertz CT molecular complexity index is 3560. The van der Waals surface area contributed by atoms with Crippen LogP contribution in [0.4, 0.5) is 0 Å². The van der Waals surface area contributed by atoms with E-state index in [-0.39, 0.29) is 60.4 Å². The lowest BCUT2D eigenvalue weighted by molar-refractivity contribution is -0.166. The summed E-state index contributed by atoms with van der Waals surface area (Å²) in [5, 5.41) is 0. The van der Waals surface area contributed by atoms with Crippen molar-refractivity contribution in [1.82, 2.24) is 0 Å². The lowest BCUT2D eigenvalue weighted by Gasteiger charge is -2.29. The highest BCUT2D eigenvalue weighted by molar-refractivity contribution is 7.39. The molecule has 0 saturated heterocycles. The maximum atomic E-state index is 15.7. The van der Waals surface area contributed by atoms with Gasteiger partial charge in [-0.25, -0.2) is 0 Å².